The largest absolute Gasteiger partial charge is 0.393 e. The summed E-state index contributed by atoms with van der Waals surface area (Å²) in [7, 11) is 0. The number of carbonyl (C=O) groups is 2. The van der Waals surface area contributed by atoms with E-state index in [2.05, 4.69) is 48.5 Å². The van der Waals surface area contributed by atoms with Crippen molar-refractivity contribution in [2.24, 2.45) is 39.7 Å². The van der Waals surface area contributed by atoms with Crippen molar-refractivity contribution >= 4 is 11.9 Å². The van der Waals surface area contributed by atoms with Crippen molar-refractivity contribution < 1.29 is 14.3 Å². The topological polar surface area (TPSA) is 69.4 Å². The maximum atomic E-state index is 12.4. The molecule has 1 saturated heterocycles. The lowest BCUT2D eigenvalue weighted by Crippen LogP contribution is -2.40. The van der Waals surface area contributed by atoms with E-state index in [0.717, 1.165) is 12.8 Å². The second-order valence-electron chi connectivity index (χ2n) is 12.0. The fraction of sp³-hybridized carbons (Fsp3) is 0.909. The molecule has 3 atom stereocenters. The number of esters is 2. The van der Waals surface area contributed by atoms with Crippen LogP contribution in [0.1, 0.15) is 88.5 Å². The van der Waals surface area contributed by atoms with Gasteiger partial charge in [-0.15, -0.1) is 0 Å². The van der Waals surface area contributed by atoms with Crippen LogP contribution in [0.25, 0.3) is 0 Å². The van der Waals surface area contributed by atoms with E-state index in [0.29, 0.717) is 12.3 Å². The predicted molar refractivity (Wildman–Crippen MR) is 106 cm³/mol. The summed E-state index contributed by atoms with van der Waals surface area (Å²) in [5.41, 5.74) is 5.84. The first-order valence-corrected chi connectivity index (χ1v) is 9.88. The second-order valence-corrected chi connectivity index (χ2v) is 12.0. The summed E-state index contributed by atoms with van der Waals surface area (Å²) in [6, 6.07) is 0. The summed E-state index contributed by atoms with van der Waals surface area (Å²) in [5.74, 6) is -1.13. The van der Waals surface area contributed by atoms with Crippen molar-refractivity contribution in [1.29, 1.82) is 0 Å². The molecule has 1 aliphatic rings. The summed E-state index contributed by atoms with van der Waals surface area (Å²) in [6.45, 7) is 21.3. The van der Waals surface area contributed by atoms with E-state index in [1.54, 1.807) is 0 Å². The number of nitrogens with two attached hydrogens (primary N) is 1. The molecule has 4 heteroatoms. The van der Waals surface area contributed by atoms with Gasteiger partial charge in [-0.05, 0) is 55.3 Å². The Kier molecular flexibility index (Phi) is 6.46. The standard InChI is InChI=1S/C22H41NO3/c1-19(2,3)14(12-21(7,8)13-22(9,10)23)11-15-16(20(4,5)6)18(25)26-17(15)24/h14-16H,11-13,23H2,1-10H3. The summed E-state index contributed by atoms with van der Waals surface area (Å²) in [5, 5.41) is 0. The number of carbonyl (C=O) groups excluding carboxylic acids is 2. The Morgan fingerprint density at radius 1 is 0.923 bits per heavy atom. The molecule has 1 aliphatic heterocycles. The molecule has 0 radical (unpaired) electrons. The SMILES string of the molecule is CC(C)(N)CC(C)(C)CC(CC1C(=O)OC(=O)C1C(C)(C)C)C(C)(C)C. The van der Waals surface area contributed by atoms with E-state index >= 15 is 0 Å². The van der Waals surface area contributed by atoms with E-state index in [1.807, 2.05) is 20.8 Å². The van der Waals surface area contributed by atoms with Gasteiger partial charge in [-0.1, -0.05) is 55.4 Å². The number of hydrogen-bond donors (Lipinski definition) is 1. The van der Waals surface area contributed by atoms with Crippen LogP contribution in [0, 0.1) is 34.0 Å². The lowest BCUT2D eigenvalue weighted by Gasteiger charge is -2.41. The van der Waals surface area contributed by atoms with Gasteiger partial charge in [0.1, 0.15) is 0 Å². The summed E-state index contributed by atoms with van der Waals surface area (Å²) >= 11 is 0. The van der Waals surface area contributed by atoms with Crippen molar-refractivity contribution in [1.82, 2.24) is 0 Å². The molecule has 0 aromatic heterocycles. The summed E-state index contributed by atoms with van der Waals surface area (Å²) in [4.78, 5) is 24.7. The highest BCUT2D eigenvalue weighted by atomic mass is 16.6. The van der Waals surface area contributed by atoms with Gasteiger partial charge >= 0.3 is 11.9 Å². The van der Waals surface area contributed by atoms with Crippen LogP contribution in [0.4, 0.5) is 0 Å². The van der Waals surface area contributed by atoms with Crippen LogP contribution in [0.15, 0.2) is 0 Å². The van der Waals surface area contributed by atoms with Gasteiger partial charge in [-0.25, -0.2) is 0 Å². The second kappa shape index (κ2) is 7.26. The third-order valence-electron chi connectivity index (χ3n) is 5.59. The quantitative estimate of drug-likeness (QED) is 0.533. The Morgan fingerprint density at radius 2 is 1.42 bits per heavy atom. The average molecular weight is 368 g/mol. The molecular formula is C22H41NO3. The van der Waals surface area contributed by atoms with Gasteiger partial charge in [0.25, 0.3) is 0 Å². The average Bonchev–Trinajstić information content (AvgIpc) is 2.57. The Hall–Kier alpha value is -0.900. The number of ether oxygens (including phenoxy) is 1. The highest BCUT2D eigenvalue weighted by molar-refractivity contribution is 5.96. The maximum absolute atomic E-state index is 12.4. The van der Waals surface area contributed by atoms with Crippen molar-refractivity contribution in [2.45, 2.75) is 94.0 Å². The Labute approximate surface area is 160 Å². The zero-order chi connectivity index (χ0) is 20.7. The highest BCUT2D eigenvalue weighted by Crippen LogP contribution is 2.47. The molecule has 4 nitrogen and oxygen atoms in total. The number of rotatable bonds is 6. The fourth-order valence-electron chi connectivity index (χ4n) is 4.75. The smallest absolute Gasteiger partial charge is 0.318 e. The fourth-order valence-corrected chi connectivity index (χ4v) is 4.75. The van der Waals surface area contributed by atoms with E-state index in [9.17, 15) is 9.59 Å². The van der Waals surface area contributed by atoms with Crippen LogP contribution in [0.3, 0.4) is 0 Å². The third kappa shape index (κ3) is 6.37. The number of hydrogen-bond acceptors (Lipinski definition) is 4. The lowest BCUT2D eigenvalue weighted by molar-refractivity contribution is -0.154. The molecule has 2 N–H and O–H groups in total. The van der Waals surface area contributed by atoms with Crippen LogP contribution in [-0.2, 0) is 14.3 Å². The third-order valence-corrected chi connectivity index (χ3v) is 5.59. The minimum Gasteiger partial charge on any atom is -0.393 e. The van der Waals surface area contributed by atoms with Crippen molar-refractivity contribution in [3.8, 4) is 0 Å². The lowest BCUT2D eigenvalue weighted by atomic mass is 9.63. The predicted octanol–water partition coefficient (Wildman–Crippen LogP) is 4.94. The molecule has 26 heavy (non-hydrogen) atoms. The minimum atomic E-state index is -0.367. The molecular weight excluding hydrogens is 326 g/mol. The summed E-state index contributed by atoms with van der Waals surface area (Å²) < 4.78 is 5.04. The highest BCUT2D eigenvalue weighted by Gasteiger charge is 2.51. The van der Waals surface area contributed by atoms with Crippen molar-refractivity contribution in [3.63, 3.8) is 0 Å². The molecule has 152 valence electrons. The first-order valence-electron chi connectivity index (χ1n) is 9.88. The van der Waals surface area contributed by atoms with E-state index < -0.39 is 0 Å². The van der Waals surface area contributed by atoms with Crippen molar-refractivity contribution in [2.75, 3.05) is 0 Å². The maximum Gasteiger partial charge on any atom is 0.318 e. The molecule has 0 aromatic carbocycles. The van der Waals surface area contributed by atoms with Crippen LogP contribution in [0.2, 0.25) is 0 Å². The van der Waals surface area contributed by atoms with E-state index in [4.69, 9.17) is 10.5 Å². The molecule has 1 rings (SSSR count). The molecule has 0 aromatic rings. The zero-order valence-corrected chi connectivity index (χ0v) is 18.7. The molecule has 0 amide bonds. The van der Waals surface area contributed by atoms with Gasteiger partial charge in [-0.3, -0.25) is 9.59 Å². The Morgan fingerprint density at radius 3 is 1.81 bits per heavy atom. The van der Waals surface area contributed by atoms with Gasteiger partial charge in [-0.2, -0.15) is 0 Å². The molecule has 0 bridgehead atoms. The first-order chi connectivity index (χ1) is 11.3. The van der Waals surface area contributed by atoms with Crippen molar-refractivity contribution in [3.05, 3.63) is 0 Å². The van der Waals surface area contributed by atoms with Crippen LogP contribution < -0.4 is 5.73 Å². The van der Waals surface area contributed by atoms with Gasteiger partial charge in [0.2, 0.25) is 0 Å². The van der Waals surface area contributed by atoms with E-state index in [1.165, 1.54) is 0 Å². The molecule has 0 spiro atoms. The first kappa shape index (κ1) is 23.1. The van der Waals surface area contributed by atoms with Gasteiger partial charge in [0, 0.05) is 5.54 Å². The van der Waals surface area contributed by atoms with Crippen LogP contribution in [0.5, 0.6) is 0 Å². The van der Waals surface area contributed by atoms with Crippen LogP contribution >= 0.6 is 0 Å². The van der Waals surface area contributed by atoms with Gasteiger partial charge < -0.3 is 10.5 Å². The van der Waals surface area contributed by atoms with E-state index in [-0.39, 0.29) is 45.6 Å². The summed E-state index contributed by atoms with van der Waals surface area (Å²) in [6.07, 6.45) is 2.56. The molecule has 1 heterocycles. The van der Waals surface area contributed by atoms with Crippen LogP contribution in [-0.4, -0.2) is 17.5 Å². The Bertz CT molecular complexity index is 529. The van der Waals surface area contributed by atoms with Gasteiger partial charge in [0.05, 0.1) is 11.8 Å². The zero-order valence-electron chi connectivity index (χ0n) is 18.7. The normalized spacial score (nSPS) is 24.0. The molecule has 0 aliphatic carbocycles. The molecule has 3 unspecified atom stereocenters. The molecule has 0 saturated carbocycles. The van der Waals surface area contributed by atoms with Gasteiger partial charge in [0.15, 0.2) is 0 Å². The molecule has 1 fully saturated rings. The monoisotopic (exact) mass is 367 g/mol. The minimum absolute atomic E-state index is 0.0321. The Balaban J connectivity index is 3.08. The number of cyclic esters (lactones) is 2.